The summed E-state index contributed by atoms with van der Waals surface area (Å²) in [5, 5.41) is 3.19. The maximum Gasteiger partial charge on any atom is -0.00183 e. The minimum Gasteiger partial charge on any atom is -0.320 e. The van der Waals surface area contributed by atoms with Crippen LogP contribution in [0, 0.1) is 0 Å². The molecule has 0 aromatic rings. The average Bonchev–Trinajstić information content (AvgIpc) is 2.13. The summed E-state index contributed by atoms with van der Waals surface area (Å²) in [6.07, 6.45) is 5.21. The van der Waals surface area contributed by atoms with Gasteiger partial charge in [-0.1, -0.05) is 13.8 Å². The molecule has 0 aliphatic rings. The maximum absolute atomic E-state index is 3.19. The van der Waals surface area contributed by atoms with E-state index in [2.05, 4.69) is 24.1 Å². The third-order valence-corrected chi connectivity index (χ3v) is 2.23. The van der Waals surface area contributed by atoms with E-state index in [0.717, 1.165) is 6.54 Å². The van der Waals surface area contributed by atoms with Crippen molar-refractivity contribution in [3.8, 4) is 0 Å². The SMILES string of the molecule is CCCN(CCC)CCCCNC. The highest BCUT2D eigenvalue weighted by Gasteiger charge is 2.00. The van der Waals surface area contributed by atoms with E-state index in [4.69, 9.17) is 0 Å². The molecule has 0 rings (SSSR count). The predicted octanol–water partition coefficient (Wildman–Crippen LogP) is 2.11. The van der Waals surface area contributed by atoms with E-state index in [9.17, 15) is 0 Å². The molecule has 0 aromatic carbocycles. The third kappa shape index (κ3) is 8.26. The quantitative estimate of drug-likeness (QED) is 0.555. The zero-order valence-corrected chi connectivity index (χ0v) is 9.60. The second-order valence-electron chi connectivity index (χ2n) is 3.65. The van der Waals surface area contributed by atoms with Crippen molar-refractivity contribution < 1.29 is 0 Å². The summed E-state index contributed by atoms with van der Waals surface area (Å²) in [4.78, 5) is 2.58. The first-order valence-electron chi connectivity index (χ1n) is 5.72. The monoisotopic (exact) mass is 186 g/mol. The molecular weight excluding hydrogens is 160 g/mol. The number of rotatable bonds is 9. The molecule has 0 atom stereocenters. The van der Waals surface area contributed by atoms with E-state index in [1.165, 1.54) is 45.3 Å². The van der Waals surface area contributed by atoms with Gasteiger partial charge in [-0.05, 0) is 58.9 Å². The Morgan fingerprint density at radius 3 is 2.00 bits per heavy atom. The lowest BCUT2D eigenvalue weighted by molar-refractivity contribution is 0.269. The van der Waals surface area contributed by atoms with Gasteiger partial charge in [-0.2, -0.15) is 0 Å². The molecular formula is C11H26N2. The van der Waals surface area contributed by atoms with Crippen LogP contribution in [-0.4, -0.2) is 38.1 Å². The summed E-state index contributed by atoms with van der Waals surface area (Å²) >= 11 is 0. The van der Waals surface area contributed by atoms with Crippen LogP contribution in [0.4, 0.5) is 0 Å². The van der Waals surface area contributed by atoms with Gasteiger partial charge < -0.3 is 10.2 Å². The van der Waals surface area contributed by atoms with Gasteiger partial charge >= 0.3 is 0 Å². The van der Waals surface area contributed by atoms with Gasteiger partial charge in [-0.25, -0.2) is 0 Å². The molecule has 0 radical (unpaired) electrons. The standard InChI is InChI=1S/C11H26N2/c1-4-9-13(10-5-2)11-7-6-8-12-3/h12H,4-11H2,1-3H3. The summed E-state index contributed by atoms with van der Waals surface area (Å²) in [6, 6.07) is 0. The highest BCUT2D eigenvalue weighted by Crippen LogP contribution is 1.97. The molecule has 0 heterocycles. The molecule has 0 bridgehead atoms. The van der Waals surface area contributed by atoms with Gasteiger partial charge in [0, 0.05) is 0 Å². The van der Waals surface area contributed by atoms with Crippen molar-refractivity contribution in [2.24, 2.45) is 0 Å². The molecule has 2 nitrogen and oxygen atoms in total. The van der Waals surface area contributed by atoms with E-state index in [1.807, 2.05) is 7.05 Å². The van der Waals surface area contributed by atoms with Crippen LogP contribution in [0.1, 0.15) is 39.5 Å². The summed E-state index contributed by atoms with van der Waals surface area (Å²) in [5.74, 6) is 0. The molecule has 0 unspecified atom stereocenters. The zero-order chi connectivity index (χ0) is 9.94. The molecule has 0 aliphatic heterocycles. The van der Waals surface area contributed by atoms with Crippen LogP contribution in [0.5, 0.6) is 0 Å². The molecule has 0 saturated carbocycles. The number of nitrogens with one attached hydrogen (secondary N) is 1. The maximum atomic E-state index is 3.19. The molecule has 0 aromatic heterocycles. The van der Waals surface area contributed by atoms with Crippen LogP contribution >= 0.6 is 0 Å². The zero-order valence-electron chi connectivity index (χ0n) is 9.60. The van der Waals surface area contributed by atoms with Crippen molar-refractivity contribution in [3.63, 3.8) is 0 Å². The smallest absolute Gasteiger partial charge is 0.00183 e. The minimum absolute atomic E-state index is 1.16. The van der Waals surface area contributed by atoms with Gasteiger partial charge in [0.15, 0.2) is 0 Å². The highest BCUT2D eigenvalue weighted by atomic mass is 15.1. The summed E-state index contributed by atoms with van der Waals surface area (Å²) in [5.41, 5.74) is 0. The predicted molar refractivity (Wildman–Crippen MR) is 60.2 cm³/mol. The van der Waals surface area contributed by atoms with E-state index in [1.54, 1.807) is 0 Å². The topological polar surface area (TPSA) is 15.3 Å². The van der Waals surface area contributed by atoms with Crippen molar-refractivity contribution >= 4 is 0 Å². The van der Waals surface area contributed by atoms with Crippen LogP contribution in [-0.2, 0) is 0 Å². The molecule has 0 aliphatic carbocycles. The first kappa shape index (κ1) is 12.9. The lowest BCUT2D eigenvalue weighted by atomic mass is 10.2. The largest absolute Gasteiger partial charge is 0.320 e. The van der Waals surface area contributed by atoms with Gasteiger partial charge in [0.25, 0.3) is 0 Å². The number of nitrogens with zero attached hydrogens (tertiary/aromatic N) is 1. The van der Waals surface area contributed by atoms with Crippen LogP contribution < -0.4 is 5.32 Å². The van der Waals surface area contributed by atoms with Crippen molar-refractivity contribution in [1.82, 2.24) is 10.2 Å². The minimum atomic E-state index is 1.16. The molecule has 13 heavy (non-hydrogen) atoms. The molecule has 80 valence electrons. The first-order chi connectivity index (χ1) is 6.35. The normalized spacial score (nSPS) is 11.1. The fourth-order valence-corrected chi connectivity index (χ4v) is 1.61. The Labute approximate surface area is 83.7 Å². The number of hydrogen-bond acceptors (Lipinski definition) is 2. The van der Waals surface area contributed by atoms with Gasteiger partial charge in [-0.15, -0.1) is 0 Å². The second kappa shape index (κ2) is 10.0. The Bertz CT molecular complexity index is 88.1. The summed E-state index contributed by atoms with van der Waals surface area (Å²) in [7, 11) is 2.02. The Morgan fingerprint density at radius 2 is 1.54 bits per heavy atom. The third-order valence-electron chi connectivity index (χ3n) is 2.23. The van der Waals surface area contributed by atoms with E-state index >= 15 is 0 Å². The average molecular weight is 186 g/mol. The molecule has 0 spiro atoms. The summed E-state index contributed by atoms with van der Waals surface area (Å²) in [6.45, 7) is 9.50. The fraction of sp³-hybridized carbons (Fsp3) is 1.00. The highest BCUT2D eigenvalue weighted by molar-refractivity contribution is 4.56. The molecule has 0 fully saturated rings. The number of unbranched alkanes of at least 4 members (excludes halogenated alkanes) is 1. The van der Waals surface area contributed by atoms with Crippen molar-refractivity contribution in [3.05, 3.63) is 0 Å². The van der Waals surface area contributed by atoms with Crippen LogP contribution in [0.2, 0.25) is 0 Å². The molecule has 1 N–H and O–H groups in total. The van der Waals surface area contributed by atoms with Gasteiger partial charge in [0.05, 0.1) is 0 Å². The number of hydrogen-bond donors (Lipinski definition) is 1. The summed E-state index contributed by atoms with van der Waals surface area (Å²) < 4.78 is 0. The lowest BCUT2D eigenvalue weighted by Gasteiger charge is -2.20. The molecule has 2 heteroatoms. The van der Waals surface area contributed by atoms with E-state index < -0.39 is 0 Å². The lowest BCUT2D eigenvalue weighted by Crippen LogP contribution is -2.27. The van der Waals surface area contributed by atoms with E-state index in [0.29, 0.717) is 0 Å². The van der Waals surface area contributed by atoms with Crippen molar-refractivity contribution in [2.75, 3.05) is 33.2 Å². The Balaban J connectivity index is 3.33. The van der Waals surface area contributed by atoms with Crippen molar-refractivity contribution in [2.45, 2.75) is 39.5 Å². The van der Waals surface area contributed by atoms with E-state index in [-0.39, 0.29) is 0 Å². The fourth-order valence-electron chi connectivity index (χ4n) is 1.61. The van der Waals surface area contributed by atoms with Crippen LogP contribution in [0.3, 0.4) is 0 Å². The van der Waals surface area contributed by atoms with Crippen molar-refractivity contribution in [1.29, 1.82) is 0 Å². The van der Waals surface area contributed by atoms with Gasteiger partial charge in [0.1, 0.15) is 0 Å². The Kier molecular flexibility index (Phi) is 9.94. The van der Waals surface area contributed by atoms with Gasteiger partial charge in [0.2, 0.25) is 0 Å². The van der Waals surface area contributed by atoms with Gasteiger partial charge in [-0.3, -0.25) is 0 Å². The molecule has 0 amide bonds. The first-order valence-corrected chi connectivity index (χ1v) is 5.72. The Hall–Kier alpha value is -0.0800. The van der Waals surface area contributed by atoms with Crippen LogP contribution in [0.25, 0.3) is 0 Å². The Morgan fingerprint density at radius 1 is 0.923 bits per heavy atom. The molecule has 0 saturated heterocycles. The van der Waals surface area contributed by atoms with Crippen LogP contribution in [0.15, 0.2) is 0 Å². The second-order valence-corrected chi connectivity index (χ2v) is 3.65.